The highest BCUT2D eigenvalue weighted by Gasteiger charge is 2.18. The van der Waals surface area contributed by atoms with Crippen LogP contribution in [0.5, 0.6) is 0 Å². The average molecular weight is 263 g/mol. The molecule has 1 aromatic carbocycles. The summed E-state index contributed by atoms with van der Waals surface area (Å²) >= 11 is 0. The second kappa shape index (κ2) is 7.31. The molecule has 0 aromatic heterocycles. The Morgan fingerprint density at radius 1 is 1.21 bits per heavy atom. The number of esters is 1. The molecular formula is C14H17NO4. The number of ether oxygens (including phenoxy) is 1. The quantitative estimate of drug-likeness (QED) is 0.341. The van der Waals surface area contributed by atoms with Gasteiger partial charge >= 0.3 is 5.97 Å². The van der Waals surface area contributed by atoms with Gasteiger partial charge in [0, 0.05) is 6.92 Å². The van der Waals surface area contributed by atoms with E-state index >= 15 is 0 Å². The minimum absolute atomic E-state index is 0.184. The fourth-order valence-corrected chi connectivity index (χ4v) is 1.30. The van der Waals surface area contributed by atoms with E-state index in [-0.39, 0.29) is 18.9 Å². The summed E-state index contributed by atoms with van der Waals surface area (Å²) in [6.45, 7) is 5.25. The number of nitrogens with zero attached hydrogens (tertiary/aromatic N) is 1. The summed E-state index contributed by atoms with van der Waals surface area (Å²) in [5, 5.41) is 3.55. The highest BCUT2D eigenvalue weighted by molar-refractivity contribution is 6.63. The molecule has 0 spiro atoms. The zero-order chi connectivity index (χ0) is 14.3. The highest BCUT2D eigenvalue weighted by Crippen LogP contribution is 2.05. The van der Waals surface area contributed by atoms with Gasteiger partial charge in [-0.05, 0) is 19.4 Å². The number of benzene rings is 1. The van der Waals surface area contributed by atoms with Gasteiger partial charge in [-0.3, -0.25) is 4.79 Å². The van der Waals surface area contributed by atoms with Crippen molar-refractivity contribution in [3.05, 3.63) is 35.4 Å². The first-order chi connectivity index (χ1) is 9.04. The van der Waals surface area contributed by atoms with Crippen LogP contribution in [0.15, 0.2) is 29.4 Å². The van der Waals surface area contributed by atoms with E-state index in [1.165, 1.54) is 6.92 Å². The van der Waals surface area contributed by atoms with Gasteiger partial charge in [-0.1, -0.05) is 35.0 Å². The Bertz CT molecular complexity index is 477. The lowest BCUT2D eigenvalue weighted by Crippen LogP contribution is -2.24. The molecule has 0 unspecified atom stereocenters. The lowest BCUT2D eigenvalue weighted by molar-refractivity contribution is -0.136. The maximum Gasteiger partial charge on any atom is 0.364 e. The highest BCUT2D eigenvalue weighted by atomic mass is 16.6. The molecule has 0 saturated heterocycles. The van der Waals surface area contributed by atoms with E-state index in [4.69, 9.17) is 9.57 Å². The third kappa shape index (κ3) is 4.91. The number of Topliss-reactive ketones (excluding diaryl/α,β-unsaturated/α-hetero) is 1. The molecule has 102 valence electrons. The van der Waals surface area contributed by atoms with Crippen molar-refractivity contribution in [3.63, 3.8) is 0 Å². The molecule has 0 saturated carbocycles. The topological polar surface area (TPSA) is 65.0 Å². The number of carbonyl (C=O) groups excluding carboxylic acids is 2. The van der Waals surface area contributed by atoms with Crippen molar-refractivity contribution in [2.24, 2.45) is 5.16 Å². The second-order valence-electron chi connectivity index (χ2n) is 3.98. The van der Waals surface area contributed by atoms with Gasteiger partial charge in [0.05, 0.1) is 6.61 Å². The second-order valence-corrected chi connectivity index (χ2v) is 3.98. The molecular weight excluding hydrogens is 246 g/mol. The Kier molecular flexibility index (Phi) is 5.73. The fourth-order valence-electron chi connectivity index (χ4n) is 1.30. The maximum atomic E-state index is 11.4. The lowest BCUT2D eigenvalue weighted by Gasteiger charge is -2.04. The number of carbonyl (C=O) groups is 2. The molecule has 0 radical (unpaired) electrons. The predicted octanol–water partition coefficient (Wildman–Crippen LogP) is 2.02. The smallest absolute Gasteiger partial charge is 0.364 e. The summed E-state index contributed by atoms with van der Waals surface area (Å²) in [6, 6.07) is 7.67. The van der Waals surface area contributed by atoms with Crippen molar-refractivity contribution in [2.75, 3.05) is 6.61 Å². The Morgan fingerprint density at radius 3 is 2.37 bits per heavy atom. The molecule has 0 bridgehead atoms. The van der Waals surface area contributed by atoms with Gasteiger partial charge in [0.15, 0.2) is 5.78 Å². The van der Waals surface area contributed by atoms with Crippen molar-refractivity contribution in [3.8, 4) is 0 Å². The van der Waals surface area contributed by atoms with Crippen molar-refractivity contribution in [1.82, 2.24) is 0 Å². The molecule has 19 heavy (non-hydrogen) atoms. The van der Waals surface area contributed by atoms with Crippen molar-refractivity contribution < 1.29 is 19.2 Å². The van der Waals surface area contributed by atoms with E-state index in [0.717, 1.165) is 11.1 Å². The SMILES string of the molecule is CCOC(=O)C(=NOCc1ccc(C)cc1)C(C)=O. The van der Waals surface area contributed by atoms with Gasteiger partial charge in [0.1, 0.15) is 6.61 Å². The van der Waals surface area contributed by atoms with Crippen LogP contribution in [0.25, 0.3) is 0 Å². The van der Waals surface area contributed by atoms with Gasteiger partial charge in [-0.15, -0.1) is 0 Å². The van der Waals surface area contributed by atoms with E-state index in [1.807, 2.05) is 31.2 Å². The Morgan fingerprint density at radius 2 is 1.84 bits per heavy atom. The van der Waals surface area contributed by atoms with Crippen molar-refractivity contribution >= 4 is 17.5 Å². The lowest BCUT2D eigenvalue weighted by atomic mass is 10.2. The van der Waals surface area contributed by atoms with Crippen molar-refractivity contribution in [2.45, 2.75) is 27.4 Å². The normalized spacial score (nSPS) is 11.0. The zero-order valence-corrected chi connectivity index (χ0v) is 11.3. The summed E-state index contributed by atoms with van der Waals surface area (Å²) < 4.78 is 4.71. The number of rotatable bonds is 6. The molecule has 0 N–H and O–H groups in total. The molecule has 0 aliphatic carbocycles. The molecule has 0 heterocycles. The van der Waals surface area contributed by atoms with E-state index < -0.39 is 11.8 Å². The van der Waals surface area contributed by atoms with Crippen LogP contribution in [0, 0.1) is 6.92 Å². The van der Waals surface area contributed by atoms with Gasteiger partial charge in [0.2, 0.25) is 5.71 Å². The first-order valence-electron chi connectivity index (χ1n) is 5.98. The molecule has 0 atom stereocenters. The minimum atomic E-state index is -0.765. The molecule has 5 heteroatoms. The van der Waals surface area contributed by atoms with Crippen LogP contribution >= 0.6 is 0 Å². The third-order valence-electron chi connectivity index (χ3n) is 2.31. The van der Waals surface area contributed by atoms with E-state index in [9.17, 15) is 9.59 Å². The summed E-state index contributed by atoms with van der Waals surface area (Å²) in [6.07, 6.45) is 0. The number of aryl methyl sites for hydroxylation is 1. The van der Waals surface area contributed by atoms with Gasteiger partial charge in [-0.2, -0.15) is 0 Å². The zero-order valence-electron chi connectivity index (χ0n) is 11.3. The molecule has 0 aliphatic heterocycles. The summed E-state index contributed by atoms with van der Waals surface area (Å²) in [5.41, 5.74) is 1.72. The van der Waals surface area contributed by atoms with Crippen molar-refractivity contribution in [1.29, 1.82) is 0 Å². The molecule has 0 fully saturated rings. The first kappa shape index (κ1) is 14.9. The fraction of sp³-hybridized carbons (Fsp3) is 0.357. The molecule has 5 nitrogen and oxygen atoms in total. The van der Waals surface area contributed by atoms with Crippen LogP contribution in [0.1, 0.15) is 25.0 Å². The molecule has 1 aromatic rings. The largest absolute Gasteiger partial charge is 0.461 e. The monoisotopic (exact) mass is 263 g/mol. The standard InChI is InChI=1S/C14H17NO4/c1-4-18-14(17)13(11(3)16)15-19-9-12-7-5-10(2)6-8-12/h5-8H,4,9H2,1-3H3. The van der Waals surface area contributed by atoms with Gasteiger partial charge in [0.25, 0.3) is 0 Å². The summed E-state index contributed by atoms with van der Waals surface area (Å²) in [4.78, 5) is 27.7. The predicted molar refractivity (Wildman–Crippen MR) is 70.7 cm³/mol. The first-order valence-corrected chi connectivity index (χ1v) is 5.98. The van der Waals surface area contributed by atoms with E-state index in [1.54, 1.807) is 6.92 Å². The van der Waals surface area contributed by atoms with Crippen LogP contribution < -0.4 is 0 Å². The van der Waals surface area contributed by atoms with Crippen LogP contribution in [0.2, 0.25) is 0 Å². The van der Waals surface area contributed by atoms with Crippen LogP contribution in [0.4, 0.5) is 0 Å². The number of oxime groups is 1. The number of ketones is 1. The third-order valence-corrected chi connectivity index (χ3v) is 2.31. The average Bonchev–Trinajstić information content (AvgIpc) is 2.36. The van der Waals surface area contributed by atoms with E-state index in [0.29, 0.717) is 0 Å². The molecule has 0 amide bonds. The molecule has 0 aliphatic rings. The maximum absolute atomic E-state index is 11.4. The Balaban J connectivity index is 2.64. The molecule has 1 rings (SSSR count). The van der Waals surface area contributed by atoms with Gasteiger partial charge in [-0.25, -0.2) is 4.79 Å². The Labute approximate surface area is 112 Å². The van der Waals surface area contributed by atoms with Crippen LogP contribution in [-0.4, -0.2) is 24.1 Å². The Hall–Kier alpha value is -2.17. The number of hydrogen-bond acceptors (Lipinski definition) is 5. The van der Waals surface area contributed by atoms with Crippen LogP contribution in [0.3, 0.4) is 0 Å². The van der Waals surface area contributed by atoms with E-state index in [2.05, 4.69) is 5.16 Å². The summed E-state index contributed by atoms with van der Waals surface area (Å²) in [7, 11) is 0. The number of hydrogen-bond donors (Lipinski definition) is 0. The minimum Gasteiger partial charge on any atom is -0.461 e. The van der Waals surface area contributed by atoms with Gasteiger partial charge < -0.3 is 9.57 Å². The van der Waals surface area contributed by atoms with Crippen LogP contribution in [-0.2, 0) is 25.8 Å². The summed E-state index contributed by atoms with van der Waals surface area (Å²) in [5.74, 6) is -1.25.